The molecule has 0 amide bonds. The first kappa shape index (κ1) is 12.8. The number of rotatable bonds is 5. The van der Waals surface area contributed by atoms with Crippen LogP contribution in [0.15, 0.2) is 12.1 Å². The summed E-state index contributed by atoms with van der Waals surface area (Å²) in [6, 6.07) is 4.01. The predicted octanol–water partition coefficient (Wildman–Crippen LogP) is 2.48. The summed E-state index contributed by atoms with van der Waals surface area (Å²) in [4.78, 5) is 4.58. The van der Waals surface area contributed by atoms with E-state index in [0.29, 0.717) is 5.92 Å². The molecule has 2 aromatic heterocycles. The number of hydrogen-bond donors (Lipinski definition) is 2. The van der Waals surface area contributed by atoms with Gasteiger partial charge in [0.25, 0.3) is 0 Å². The molecule has 5 nitrogen and oxygen atoms in total. The Morgan fingerprint density at radius 1 is 1.28 bits per heavy atom. The van der Waals surface area contributed by atoms with Gasteiger partial charge in [-0.15, -0.1) is 0 Å². The molecular weight excluding hydrogens is 226 g/mol. The number of nitrogen functional groups attached to an aromatic ring is 1. The maximum atomic E-state index is 5.55. The highest BCUT2D eigenvalue weighted by atomic mass is 15.4. The molecule has 0 bridgehead atoms. The topological polar surface area (TPSA) is 68.2 Å². The lowest BCUT2D eigenvalue weighted by molar-refractivity contribution is 0.616. The molecule has 3 N–H and O–H groups in total. The summed E-state index contributed by atoms with van der Waals surface area (Å²) in [6.45, 7) is 6.45. The Labute approximate surface area is 107 Å². The summed E-state index contributed by atoms with van der Waals surface area (Å²) in [5.74, 6) is 6.83. The Bertz CT molecular complexity index is 527. The van der Waals surface area contributed by atoms with Gasteiger partial charge >= 0.3 is 0 Å². The van der Waals surface area contributed by atoms with Crippen LogP contribution in [0.4, 0.5) is 5.82 Å². The van der Waals surface area contributed by atoms with Crippen molar-refractivity contribution < 1.29 is 0 Å². The summed E-state index contributed by atoms with van der Waals surface area (Å²) < 4.78 is 1.78. The van der Waals surface area contributed by atoms with Gasteiger partial charge in [0.15, 0.2) is 5.65 Å². The molecule has 0 saturated heterocycles. The third kappa shape index (κ3) is 2.18. The Morgan fingerprint density at radius 3 is 2.56 bits per heavy atom. The lowest BCUT2D eigenvalue weighted by atomic mass is 10.00. The summed E-state index contributed by atoms with van der Waals surface area (Å²) in [6.07, 6.45) is 3.06. The second-order valence-electron chi connectivity index (χ2n) is 4.48. The number of aromatic nitrogens is 3. The fourth-order valence-electron chi connectivity index (χ4n) is 2.23. The molecule has 0 spiro atoms. The molecule has 0 aliphatic carbocycles. The van der Waals surface area contributed by atoms with Crippen LogP contribution in [0.25, 0.3) is 5.65 Å². The van der Waals surface area contributed by atoms with E-state index < -0.39 is 0 Å². The molecule has 0 radical (unpaired) electrons. The highest BCUT2D eigenvalue weighted by molar-refractivity contribution is 5.50. The van der Waals surface area contributed by atoms with Gasteiger partial charge in [-0.25, -0.2) is 10.8 Å². The average Bonchev–Trinajstić information content (AvgIpc) is 2.82. The molecule has 98 valence electrons. The van der Waals surface area contributed by atoms with Crippen LogP contribution in [0.5, 0.6) is 0 Å². The SMILES string of the molecule is CCc1cc(NN)n2nc(C(CC)CC)cc2n1. The van der Waals surface area contributed by atoms with Crippen molar-refractivity contribution in [1.82, 2.24) is 14.6 Å². The van der Waals surface area contributed by atoms with E-state index >= 15 is 0 Å². The van der Waals surface area contributed by atoms with E-state index in [9.17, 15) is 0 Å². The van der Waals surface area contributed by atoms with Gasteiger partial charge < -0.3 is 5.43 Å². The van der Waals surface area contributed by atoms with Crippen molar-refractivity contribution in [2.75, 3.05) is 5.43 Å². The third-order valence-electron chi connectivity index (χ3n) is 3.41. The zero-order chi connectivity index (χ0) is 13.1. The van der Waals surface area contributed by atoms with Gasteiger partial charge in [-0.3, -0.25) is 0 Å². The third-order valence-corrected chi connectivity index (χ3v) is 3.41. The number of nitrogens with two attached hydrogens (primary N) is 1. The zero-order valence-corrected chi connectivity index (χ0v) is 11.3. The molecule has 18 heavy (non-hydrogen) atoms. The highest BCUT2D eigenvalue weighted by Crippen LogP contribution is 2.24. The lowest BCUT2D eigenvalue weighted by Crippen LogP contribution is -2.13. The molecule has 0 aliphatic rings. The fraction of sp³-hybridized carbons (Fsp3) is 0.538. The second-order valence-corrected chi connectivity index (χ2v) is 4.48. The van der Waals surface area contributed by atoms with E-state index in [-0.39, 0.29) is 0 Å². The normalized spacial score (nSPS) is 11.4. The van der Waals surface area contributed by atoms with E-state index in [1.54, 1.807) is 4.52 Å². The van der Waals surface area contributed by atoms with Gasteiger partial charge in [-0.2, -0.15) is 9.61 Å². The van der Waals surface area contributed by atoms with E-state index in [4.69, 9.17) is 5.84 Å². The Hall–Kier alpha value is -1.62. The second kappa shape index (κ2) is 5.35. The quantitative estimate of drug-likeness (QED) is 0.629. The minimum atomic E-state index is 0.488. The zero-order valence-electron chi connectivity index (χ0n) is 11.3. The Kier molecular flexibility index (Phi) is 3.81. The molecule has 0 unspecified atom stereocenters. The maximum Gasteiger partial charge on any atom is 0.157 e. The molecule has 0 aromatic carbocycles. The van der Waals surface area contributed by atoms with Crippen LogP contribution in [-0.4, -0.2) is 14.6 Å². The molecule has 2 heterocycles. The Balaban J connectivity index is 2.55. The van der Waals surface area contributed by atoms with Gasteiger partial charge in [-0.1, -0.05) is 20.8 Å². The van der Waals surface area contributed by atoms with Gasteiger partial charge in [0, 0.05) is 23.7 Å². The van der Waals surface area contributed by atoms with Crippen LogP contribution in [0.3, 0.4) is 0 Å². The minimum Gasteiger partial charge on any atom is -0.308 e. The molecular formula is C13H21N5. The number of nitrogens with zero attached hydrogens (tertiary/aromatic N) is 3. The van der Waals surface area contributed by atoms with Crippen molar-refractivity contribution in [3.8, 4) is 0 Å². The number of anilines is 1. The van der Waals surface area contributed by atoms with Crippen LogP contribution in [-0.2, 0) is 6.42 Å². The number of fused-ring (bicyclic) bond motifs is 1. The van der Waals surface area contributed by atoms with Crippen LogP contribution in [0, 0.1) is 0 Å². The van der Waals surface area contributed by atoms with Crippen molar-refractivity contribution in [3.05, 3.63) is 23.5 Å². The molecule has 0 saturated carbocycles. The van der Waals surface area contributed by atoms with Crippen LogP contribution in [0.1, 0.15) is 50.9 Å². The van der Waals surface area contributed by atoms with Crippen molar-refractivity contribution in [3.63, 3.8) is 0 Å². The van der Waals surface area contributed by atoms with E-state index in [1.165, 1.54) is 0 Å². The predicted molar refractivity (Wildman–Crippen MR) is 73.5 cm³/mol. The van der Waals surface area contributed by atoms with E-state index in [2.05, 4.69) is 42.3 Å². The monoisotopic (exact) mass is 247 g/mol. The first-order valence-electron chi connectivity index (χ1n) is 6.59. The standard InChI is InChI=1S/C13H21N5/c1-4-9(5-2)11-8-12-15-10(6-3)7-13(16-14)18(12)17-11/h7-9,16H,4-6,14H2,1-3H3. The number of hydrogen-bond acceptors (Lipinski definition) is 4. The van der Waals surface area contributed by atoms with Crippen LogP contribution >= 0.6 is 0 Å². The average molecular weight is 247 g/mol. The lowest BCUT2D eigenvalue weighted by Gasteiger charge is -2.07. The maximum absolute atomic E-state index is 5.55. The Morgan fingerprint density at radius 2 is 2.00 bits per heavy atom. The molecule has 5 heteroatoms. The fourth-order valence-corrected chi connectivity index (χ4v) is 2.23. The van der Waals surface area contributed by atoms with Gasteiger partial charge in [0.05, 0.1) is 5.69 Å². The van der Waals surface area contributed by atoms with E-state index in [1.807, 2.05) is 6.07 Å². The van der Waals surface area contributed by atoms with Crippen molar-refractivity contribution in [2.24, 2.45) is 5.84 Å². The molecule has 2 rings (SSSR count). The largest absolute Gasteiger partial charge is 0.308 e. The summed E-state index contributed by atoms with van der Waals surface area (Å²) in [5, 5.41) is 4.61. The minimum absolute atomic E-state index is 0.488. The van der Waals surface area contributed by atoms with Crippen LogP contribution in [0.2, 0.25) is 0 Å². The molecule has 0 fully saturated rings. The molecule has 2 aromatic rings. The van der Waals surface area contributed by atoms with Crippen molar-refractivity contribution in [1.29, 1.82) is 0 Å². The van der Waals surface area contributed by atoms with Gasteiger partial charge in [-0.05, 0) is 19.3 Å². The molecule has 0 atom stereocenters. The van der Waals surface area contributed by atoms with Crippen molar-refractivity contribution >= 4 is 11.5 Å². The number of nitrogens with one attached hydrogen (secondary N) is 1. The van der Waals surface area contributed by atoms with E-state index in [0.717, 1.165) is 42.1 Å². The number of aryl methyl sites for hydroxylation is 1. The molecule has 0 aliphatic heterocycles. The van der Waals surface area contributed by atoms with Crippen LogP contribution < -0.4 is 11.3 Å². The van der Waals surface area contributed by atoms with Crippen molar-refractivity contribution in [2.45, 2.75) is 46.0 Å². The summed E-state index contributed by atoms with van der Waals surface area (Å²) in [7, 11) is 0. The highest BCUT2D eigenvalue weighted by Gasteiger charge is 2.14. The summed E-state index contributed by atoms with van der Waals surface area (Å²) in [5.41, 5.74) is 5.67. The number of hydrazine groups is 1. The first-order valence-corrected chi connectivity index (χ1v) is 6.59. The smallest absolute Gasteiger partial charge is 0.157 e. The summed E-state index contributed by atoms with van der Waals surface area (Å²) >= 11 is 0. The first-order chi connectivity index (χ1) is 8.73. The van der Waals surface area contributed by atoms with Gasteiger partial charge in [0.2, 0.25) is 0 Å². The van der Waals surface area contributed by atoms with Gasteiger partial charge in [0.1, 0.15) is 5.82 Å².